The fourth-order valence-corrected chi connectivity index (χ4v) is 4.22. The van der Waals surface area contributed by atoms with Gasteiger partial charge >= 0.3 is 0 Å². The van der Waals surface area contributed by atoms with E-state index >= 15 is 0 Å². The van der Waals surface area contributed by atoms with Crippen LogP contribution in [0.5, 0.6) is 0 Å². The van der Waals surface area contributed by atoms with E-state index in [9.17, 15) is 0 Å². The number of rotatable bonds is 5. The van der Waals surface area contributed by atoms with Crippen molar-refractivity contribution in [2.45, 2.75) is 33.4 Å². The van der Waals surface area contributed by atoms with Gasteiger partial charge in [-0.2, -0.15) is 5.10 Å². The lowest BCUT2D eigenvalue weighted by Gasteiger charge is -2.32. The molecule has 28 heavy (non-hydrogen) atoms. The normalized spacial score (nSPS) is 17.8. The zero-order valence-corrected chi connectivity index (χ0v) is 17.6. The van der Waals surface area contributed by atoms with Crippen molar-refractivity contribution in [3.8, 4) is 0 Å². The molecule has 1 aliphatic heterocycles. The van der Waals surface area contributed by atoms with Crippen molar-refractivity contribution in [3.05, 3.63) is 52.0 Å². The molecule has 0 bridgehead atoms. The van der Waals surface area contributed by atoms with Crippen molar-refractivity contribution in [1.29, 1.82) is 0 Å². The summed E-state index contributed by atoms with van der Waals surface area (Å²) < 4.78 is 7.94. The highest BCUT2D eigenvalue weighted by atomic mass is 32.1. The summed E-state index contributed by atoms with van der Waals surface area (Å²) >= 11 is 1.64. The van der Waals surface area contributed by atoms with Crippen molar-refractivity contribution < 1.29 is 4.74 Å². The van der Waals surface area contributed by atoms with Crippen molar-refractivity contribution in [2.24, 2.45) is 7.05 Å². The van der Waals surface area contributed by atoms with Gasteiger partial charge in [0.05, 0.1) is 18.0 Å². The predicted molar refractivity (Wildman–Crippen MR) is 111 cm³/mol. The molecule has 0 unspecified atom stereocenters. The molecular weight excluding hydrogens is 372 g/mol. The summed E-state index contributed by atoms with van der Waals surface area (Å²) in [6, 6.07) is 4.12. The summed E-state index contributed by atoms with van der Waals surface area (Å²) in [6.07, 6.45) is 3.94. The number of pyridine rings is 1. The molecule has 4 heterocycles. The molecule has 1 saturated heterocycles. The molecule has 0 aliphatic carbocycles. The highest BCUT2D eigenvalue weighted by molar-refractivity contribution is 7.15. The number of nitrogens with one attached hydrogen (secondary N) is 1. The minimum Gasteiger partial charge on any atom is -0.369 e. The van der Waals surface area contributed by atoms with Gasteiger partial charge in [-0.15, -0.1) is 11.3 Å². The molecule has 3 aromatic rings. The van der Waals surface area contributed by atoms with E-state index in [0.717, 1.165) is 47.5 Å². The number of ether oxygens (including phenoxy) is 1. The van der Waals surface area contributed by atoms with E-state index in [1.807, 2.05) is 30.9 Å². The maximum atomic E-state index is 6.07. The second kappa shape index (κ2) is 7.98. The van der Waals surface area contributed by atoms with Crippen LogP contribution in [0.25, 0.3) is 0 Å². The van der Waals surface area contributed by atoms with Crippen LogP contribution in [0, 0.1) is 20.8 Å². The lowest BCUT2D eigenvalue weighted by Crippen LogP contribution is -2.38. The number of hydrogen-bond acceptors (Lipinski definition) is 7. The maximum absolute atomic E-state index is 6.07. The number of hydrogen-bond donors (Lipinski definition) is 1. The van der Waals surface area contributed by atoms with Crippen LogP contribution in [0.3, 0.4) is 0 Å². The quantitative estimate of drug-likeness (QED) is 0.709. The fraction of sp³-hybridized carbons (Fsp3) is 0.450. The zero-order valence-electron chi connectivity index (χ0n) is 16.8. The van der Waals surface area contributed by atoms with Gasteiger partial charge < -0.3 is 10.1 Å². The van der Waals surface area contributed by atoms with Gasteiger partial charge in [0.15, 0.2) is 5.13 Å². The number of aryl methyl sites for hydroxylation is 4. The van der Waals surface area contributed by atoms with Crippen molar-refractivity contribution in [3.63, 3.8) is 0 Å². The minimum absolute atomic E-state index is 0.0378. The number of morpholine rings is 1. The molecule has 8 heteroatoms. The Hall–Kier alpha value is -2.29. The molecule has 1 N–H and O–H groups in total. The number of aromatic nitrogens is 4. The molecule has 0 aromatic carbocycles. The Morgan fingerprint density at radius 1 is 1.29 bits per heavy atom. The molecule has 3 aromatic heterocycles. The highest BCUT2D eigenvalue weighted by Crippen LogP contribution is 2.27. The molecule has 1 fully saturated rings. The van der Waals surface area contributed by atoms with Crippen LogP contribution in [-0.4, -0.2) is 44.3 Å². The summed E-state index contributed by atoms with van der Waals surface area (Å²) in [5.41, 5.74) is 5.28. The highest BCUT2D eigenvalue weighted by Gasteiger charge is 2.24. The first-order chi connectivity index (χ1) is 13.5. The third-order valence-corrected chi connectivity index (χ3v) is 5.66. The van der Waals surface area contributed by atoms with E-state index in [0.29, 0.717) is 6.61 Å². The van der Waals surface area contributed by atoms with Gasteiger partial charge in [-0.3, -0.25) is 14.6 Å². The lowest BCUT2D eigenvalue weighted by molar-refractivity contribution is -0.0350. The maximum Gasteiger partial charge on any atom is 0.187 e. The van der Waals surface area contributed by atoms with Crippen LogP contribution >= 0.6 is 11.3 Å². The average molecular weight is 399 g/mol. The molecular formula is C20H26N6OS. The first-order valence-corrected chi connectivity index (χ1v) is 10.3. The Morgan fingerprint density at radius 3 is 2.86 bits per heavy atom. The number of thiazole rings is 1. The molecule has 0 saturated carbocycles. The molecule has 0 radical (unpaired) electrons. The van der Waals surface area contributed by atoms with E-state index < -0.39 is 0 Å². The van der Waals surface area contributed by atoms with E-state index in [4.69, 9.17) is 9.72 Å². The first-order valence-electron chi connectivity index (χ1n) is 9.47. The van der Waals surface area contributed by atoms with E-state index in [-0.39, 0.29) is 6.10 Å². The van der Waals surface area contributed by atoms with Crippen LogP contribution < -0.4 is 5.32 Å². The van der Waals surface area contributed by atoms with Crippen LogP contribution in [0.2, 0.25) is 0 Å². The van der Waals surface area contributed by atoms with Crippen molar-refractivity contribution >= 4 is 22.2 Å². The third-order valence-electron chi connectivity index (χ3n) is 4.84. The van der Waals surface area contributed by atoms with E-state index in [1.54, 1.807) is 11.3 Å². The molecule has 1 aliphatic rings. The van der Waals surface area contributed by atoms with Crippen LogP contribution in [0.1, 0.15) is 33.6 Å². The number of anilines is 2. The molecule has 1 atom stereocenters. The first kappa shape index (κ1) is 19.0. The Morgan fingerprint density at radius 2 is 2.14 bits per heavy atom. The SMILES string of the molecule is Cc1cc(Nc2ncc(C)s2)cc([C@H]2CN(Cc3cn(C)nc3C)CCO2)n1. The van der Waals surface area contributed by atoms with E-state index in [2.05, 4.69) is 46.4 Å². The van der Waals surface area contributed by atoms with Gasteiger partial charge in [0.1, 0.15) is 6.10 Å². The largest absolute Gasteiger partial charge is 0.369 e. The monoisotopic (exact) mass is 398 g/mol. The van der Waals surface area contributed by atoms with Gasteiger partial charge in [0.2, 0.25) is 0 Å². The predicted octanol–water partition coefficient (Wildman–Crippen LogP) is 3.51. The Bertz CT molecular complexity index is 966. The van der Waals surface area contributed by atoms with Gasteiger partial charge in [0, 0.05) is 60.9 Å². The minimum atomic E-state index is -0.0378. The van der Waals surface area contributed by atoms with Gasteiger partial charge in [-0.05, 0) is 32.9 Å². The van der Waals surface area contributed by atoms with Crippen molar-refractivity contribution in [1.82, 2.24) is 24.6 Å². The Labute approximate surface area is 169 Å². The van der Waals surface area contributed by atoms with Crippen LogP contribution in [0.15, 0.2) is 24.5 Å². The molecule has 7 nitrogen and oxygen atoms in total. The average Bonchev–Trinajstić information content (AvgIpc) is 3.19. The van der Waals surface area contributed by atoms with Gasteiger partial charge in [0.25, 0.3) is 0 Å². The second-order valence-corrected chi connectivity index (χ2v) is 8.57. The molecule has 0 amide bonds. The van der Waals surface area contributed by atoms with E-state index in [1.165, 1.54) is 10.4 Å². The summed E-state index contributed by atoms with van der Waals surface area (Å²) in [4.78, 5) is 12.7. The molecule has 148 valence electrons. The smallest absolute Gasteiger partial charge is 0.187 e. The standard InChI is InChI=1S/C20H26N6OS/c1-13-7-17(23-20-21-9-14(2)28-20)8-18(22-13)19-12-26(5-6-27-19)11-16-10-25(4)24-15(16)3/h7-10,19H,5-6,11-12H2,1-4H3,(H,21,22,23)/t19-/m1/s1. The zero-order chi connectivity index (χ0) is 19.7. The van der Waals surface area contributed by atoms with Crippen molar-refractivity contribution in [2.75, 3.05) is 25.0 Å². The Balaban J connectivity index is 1.49. The van der Waals surface area contributed by atoms with Gasteiger partial charge in [-0.1, -0.05) is 0 Å². The summed E-state index contributed by atoms with van der Waals surface area (Å²) in [5.74, 6) is 0. The van der Waals surface area contributed by atoms with Gasteiger partial charge in [-0.25, -0.2) is 4.98 Å². The Kier molecular flexibility index (Phi) is 5.43. The lowest BCUT2D eigenvalue weighted by atomic mass is 10.1. The summed E-state index contributed by atoms with van der Waals surface area (Å²) in [6.45, 7) is 9.46. The molecule has 4 rings (SSSR count). The fourth-order valence-electron chi connectivity index (χ4n) is 3.54. The topological polar surface area (TPSA) is 68.1 Å². The van der Waals surface area contributed by atoms with Crippen LogP contribution in [0.4, 0.5) is 10.8 Å². The summed E-state index contributed by atoms with van der Waals surface area (Å²) in [5, 5.41) is 8.74. The third kappa shape index (κ3) is 4.40. The summed E-state index contributed by atoms with van der Waals surface area (Å²) in [7, 11) is 1.97. The number of nitrogens with zero attached hydrogens (tertiary/aromatic N) is 5. The van der Waals surface area contributed by atoms with Crippen LogP contribution in [-0.2, 0) is 18.3 Å². The molecule has 0 spiro atoms. The second-order valence-electron chi connectivity index (χ2n) is 7.33.